The number of rotatable bonds is 6. The molecule has 1 atom stereocenters. The van der Waals surface area contributed by atoms with E-state index < -0.39 is 0 Å². The lowest BCUT2D eigenvalue weighted by molar-refractivity contribution is 0.100. The standard InChI is InChI=1S/C23H30N4O/c1-8-16-13(3)18(9-12(2)24-6)26-20(16)11-19-14(4)22-21(28)10-17(15(5)25-7)23(22)27-19/h18,27H,7-11H2,1-6H3/b17-15-,24-12?. The predicted molar refractivity (Wildman–Crippen MR) is 118 cm³/mol. The summed E-state index contributed by atoms with van der Waals surface area (Å²) in [5.74, 6) is 0.163. The molecule has 5 heteroatoms. The van der Waals surface area contributed by atoms with E-state index in [0.717, 1.165) is 64.5 Å². The molecule has 1 N–H and O–H groups in total. The summed E-state index contributed by atoms with van der Waals surface area (Å²) in [6.45, 7) is 14.0. The molecule has 0 saturated carbocycles. The van der Waals surface area contributed by atoms with Crippen molar-refractivity contribution in [3.8, 4) is 0 Å². The number of Topliss-reactive ketones (excluding diaryl/α,β-unsaturated/α-hetero) is 1. The number of ketones is 1. The van der Waals surface area contributed by atoms with E-state index in [1.807, 2.05) is 20.9 Å². The van der Waals surface area contributed by atoms with Crippen LogP contribution in [0.3, 0.4) is 0 Å². The number of nitrogens with one attached hydrogen (secondary N) is 1. The first kappa shape index (κ1) is 20.2. The van der Waals surface area contributed by atoms with Gasteiger partial charge in [-0.25, -0.2) is 0 Å². The summed E-state index contributed by atoms with van der Waals surface area (Å²) in [5.41, 5.74) is 10.6. The Labute approximate surface area is 167 Å². The second kappa shape index (κ2) is 7.82. The first-order valence-corrected chi connectivity index (χ1v) is 9.92. The summed E-state index contributed by atoms with van der Waals surface area (Å²) in [5, 5.41) is 0. The van der Waals surface area contributed by atoms with E-state index in [1.54, 1.807) is 0 Å². The molecule has 5 nitrogen and oxygen atoms in total. The smallest absolute Gasteiger partial charge is 0.169 e. The van der Waals surface area contributed by atoms with Crippen LogP contribution in [0.15, 0.2) is 31.8 Å². The molecule has 1 aromatic heterocycles. The Morgan fingerprint density at radius 1 is 1.32 bits per heavy atom. The van der Waals surface area contributed by atoms with Crippen LogP contribution in [0, 0.1) is 6.92 Å². The van der Waals surface area contributed by atoms with Gasteiger partial charge in [-0.05, 0) is 57.5 Å². The number of aliphatic imine (C=N–C) groups is 3. The van der Waals surface area contributed by atoms with Crippen molar-refractivity contribution >= 4 is 29.5 Å². The molecular weight excluding hydrogens is 348 g/mol. The molecule has 1 unspecified atom stereocenters. The van der Waals surface area contributed by atoms with Crippen molar-refractivity contribution in [3.63, 3.8) is 0 Å². The molecule has 1 aliphatic heterocycles. The molecule has 148 valence electrons. The van der Waals surface area contributed by atoms with Crippen LogP contribution in [0.1, 0.15) is 74.3 Å². The Balaban J connectivity index is 1.97. The number of carbonyl (C=O) groups is 1. The molecule has 0 radical (unpaired) electrons. The number of aromatic amines is 1. The van der Waals surface area contributed by atoms with Gasteiger partial charge < -0.3 is 4.98 Å². The summed E-state index contributed by atoms with van der Waals surface area (Å²) in [6, 6.07) is 0.181. The van der Waals surface area contributed by atoms with E-state index in [4.69, 9.17) is 4.99 Å². The van der Waals surface area contributed by atoms with E-state index >= 15 is 0 Å². The van der Waals surface area contributed by atoms with Gasteiger partial charge in [-0.1, -0.05) is 6.92 Å². The van der Waals surface area contributed by atoms with Crippen LogP contribution in [0.5, 0.6) is 0 Å². The Hall–Kier alpha value is -2.56. The van der Waals surface area contributed by atoms with E-state index in [9.17, 15) is 4.79 Å². The van der Waals surface area contributed by atoms with Gasteiger partial charge in [-0.15, -0.1) is 0 Å². The van der Waals surface area contributed by atoms with Crippen LogP contribution >= 0.6 is 0 Å². The van der Waals surface area contributed by atoms with Crippen LogP contribution in [0.4, 0.5) is 0 Å². The van der Waals surface area contributed by atoms with Crippen molar-refractivity contribution in [2.75, 3.05) is 7.05 Å². The Morgan fingerprint density at radius 2 is 2.04 bits per heavy atom. The Bertz CT molecular complexity index is 969. The number of carbonyl (C=O) groups excluding carboxylic acids is 1. The van der Waals surface area contributed by atoms with Crippen LogP contribution in [-0.4, -0.2) is 42.0 Å². The van der Waals surface area contributed by atoms with Crippen LogP contribution in [0.25, 0.3) is 5.57 Å². The molecule has 0 spiro atoms. The van der Waals surface area contributed by atoms with Crippen LogP contribution in [-0.2, 0) is 6.42 Å². The lowest BCUT2D eigenvalue weighted by Crippen LogP contribution is -2.09. The van der Waals surface area contributed by atoms with Gasteiger partial charge in [0.05, 0.1) is 11.7 Å². The highest BCUT2D eigenvalue weighted by Crippen LogP contribution is 2.38. The minimum Gasteiger partial charge on any atom is -0.357 e. The first-order chi connectivity index (χ1) is 13.3. The fourth-order valence-electron chi connectivity index (χ4n) is 4.30. The monoisotopic (exact) mass is 378 g/mol. The topological polar surface area (TPSA) is 69.9 Å². The van der Waals surface area contributed by atoms with Gasteiger partial charge in [0, 0.05) is 60.3 Å². The van der Waals surface area contributed by atoms with Gasteiger partial charge >= 0.3 is 0 Å². The van der Waals surface area contributed by atoms with E-state index in [-0.39, 0.29) is 11.8 Å². The highest BCUT2D eigenvalue weighted by Gasteiger charge is 2.32. The fourth-order valence-corrected chi connectivity index (χ4v) is 4.30. The summed E-state index contributed by atoms with van der Waals surface area (Å²) in [7, 11) is 1.83. The average molecular weight is 379 g/mol. The second-order valence-corrected chi connectivity index (χ2v) is 7.75. The minimum atomic E-state index is 0.163. The van der Waals surface area contributed by atoms with Gasteiger partial charge in [0.25, 0.3) is 0 Å². The quantitative estimate of drug-likeness (QED) is 0.702. The molecule has 28 heavy (non-hydrogen) atoms. The number of H-pyrrole nitrogens is 1. The summed E-state index contributed by atoms with van der Waals surface area (Å²) in [6.07, 6.45) is 2.96. The maximum Gasteiger partial charge on any atom is 0.169 e. The molecule has 1 aliphatic carbocycles. The average Bonchev–Trinajstić information content (AvgIpc) is 3.27. The third kappa shape index (κ3) is 3.34. The molecule has 0 saturated heterocycles. The Morgan fingerprint density at radius 3 is 2.64 bits per heavy atom. The largest absolute Gasteiger partial charge is 0.357 e. The lowest BCUT2D eigenvalue weighted by Gasteiger charge is -2.09. The van der Waals surface area contributed by atoms with Crippen molar-refractivity contribution in [1.82, 2.24) is 4.98 Å². The zero-order chi connectivity index (χ0) is 20.6. The number of hydrogen-bond donors (Lipinski definition) is 1. The maximum absolute atomic E-state index is 12.6. The molecular formula is C23H30N4O. The highest BCUT2D eigenvalue weighted by atomic mass is 16.1. The van der Waals surface area contributed by atoms with E-state index in [1.165, 1.54) is 11.1 Å². The normalized spacial score (nSPS) is 21.4. The Kier molecular flexibility index (Phi) is 5.64. The van der Waals surface area contributed by atoms with Crippen molar-refractivity contribution in [3.05, 3.63) is 39.4 Å². The molecule has 0 aromatic carbocycles. The van der Waals surface area contributed by atoms with Gasteiger partial charge in [0.2, 0.25) is 0 Å². The number of fused-ring (bicyclic) bond motifs is 1. The van der Waals surface area contributed by atoms with Gasteiger partial charge in [0.1, 0.15) is 0 Å². The molecule has 1 aromatic rings. The predicted octanol–water partition coefficient (Wildman–Crippen LogP) is 4.91. The van der Waals surface area contributed by atoms with Crippen molar-refractivity contribution in [1.29, 1.82) is 0 Å². The molecule has 0 amide bonds. The van der Waals surface area contributed by atoms with Crippen LogP contribution in [0.2, 0.25) is 0 Å². The minimum absolute atomic E-state index is 0.163. The zero-order valence-electron chi connectivity index (χ0n) is 17.9. The highest BCUT2D eigenvalue weighted by molar-refractivity contribution is 6.13. The van der Waals surface area contributed by atoms with Crippen molar-refractivity contribution in [2.45, 2.75) is 66.3 Å². The number of aromatic nitrogens is 1. The summed E-state index contributed by atoms with van der Waals surface area (Å²) < 4.78 is 0. The summed E-state index contributed by atoms with van der Waals surface area (Å²) in [4.78, 5) is 29.5. The van der Waals surface area contributed by atoms with Gasteiger partial charge in [-0.3, -0.25) is 19.8 Å². The number of hydrogen-bond acceptors (Lipinski definition) is 4. The van der Waals surface area contributed by atoms with Crippen molar-refractivity contribution < 1.29 is 4.79 Å². The number of allylic oxidation sites excluding steroid dienone is 3. The van der Waals surface area contributed by atoms with E-state index in [0.29, 0.717) is 6.42 Å². The van der Waals surface area contributed by atoms with Crippen molar-refractivity contribution in [2.24, 2.45) is 15.0 Å². The third-order valence-corrected chi connectivity index (χ3v) is 6.15. The van der Waals surface area contributed by atoms with Gasteiger partial charge in [-0.2, -0.15) is 0 Å². The van der Waals surface area contributed by atoms with Crippen LogP contribution < -0.4 is 0 Å². The van der Waals surface area contributed by atoms with Gasteiger partial charge in [0.15, 0.2) is 5.78 Å². The molecule has 2 aliphatic rings. The molecule has 0 bridgehead atoms. The fraction of sp³-hybridized carbons (Fsp3) is 0.478. The number of nitrogens with zero attached hydrogens (tertiary/aromatic N) is 3. The molecule has 3 rings (SSSR count). The molecule has 2 heterocycles. The van der Waals surface area contributed by atoms with E-state index in [2.05, 4.69) is 42.5 Å². The third-order valence-electron chi connectivity index (χ3n) is 6.15. The maximum atomic E-state index is 12.6. The first-order valence-electron chi connectivity index (χ1n) is 9.92. The SMILES string of the molecule is C=N/C(C)=C1/CC(=O)c2c1[nH]c(CC1=NC(CC(C)=NC)C(C)=C1CC)c2C. The summed E-state index contributed by atoms with van der Waals surface area (Å²) >= 11 is 0. The second-order valence-electron chi connectivity index (χ2n) is 7.75. The molecule has 0 fully saturated rings. The zero-order valence-corrected chi connectivity index (χ0v) is 17.9. The lowest BCUT2D eigenvalue weighted by atomic mass is 9.96.